The minimum atomic E-state index is -0.277. The smallest absolute Gasteiger partial charge is 0.136 e. The van der Waals surface area contributed by atoms with E-state index in [0.717, 1.165) is 11.1 Å². The van der Waals surface area contributed by atoms with Crippen molar-refractivity contribution in [2.24, 2.45) is 0 Å². The Morgan fingerprint density at radius 2 is 1.70 bits per heavy atom. The molecule has 0 aliphatic rings. The summed E-state index contributed by atoms with van der Waals surface area (Å²) in [4.78, 5) is 8.75. The average molecular weight is 273 g/mol. The average Bonchev–Trinajstić information content (AvgIpc) is 2.25. The van der Waals surface area contributed by atoms with Gasteiger partial charge >= 0.3 is 0 Å². The highest BCUT2D eigenvalue weighted by Gasteiger charge is 2.20. The number of anilines is 1. The zero-order valence-corrected chi connectivity index (χ0v) is 12.6. The fraction of sp³-hybridized carbons (Fsp3) is 0.375. The molecule has 20 heavy (non-hydrogen) atoms. The van der Waals surface area contributed by atoms with Crippen molar-refractivity contribution in [3.63, 3.8) is 0 Å². The number of aryl methyl sites for hydroxylation is 2. The second-order valence-electron chi connectivity index (χ2n) is 6.19. The van der Waals surface area contributed by atoms with E-state index >= 15 is 0 Å². The van der Waals surface area contributed by atoms with Crippen LogP contribution in [-0.2, 0) is 5.41 Å². The van der Waals surface area contributed by atoms with E-state index in [1.54, 1.807) is 6.07 Å². The summed E-state index contributed by atoms with van der Waals surface area (Å²) in [5.41, 5.74) is 8.39. The summed E-state index contributed by atoms with van der Waals surface area (Å²) in [7, 11) is 0. The molecule has 0 unspecified atom stereocenters. The van der Waals surface area contributed by atoms with Crippen LogP contribution in [0.1, 0.15) is 37.7 Å². The topological polar surface area (TPSA) is 51.8 Å². The summed E-state index contributed by atoms with van der Waals surface area (Å²) in [5.74, 6) is 0.701. The van der Waals surface area contributed by atoms with Gasteiger partial charge in [0, 0.05) is 17.0 Å². The number of halogens is 1. The Labute approximate surface area is 119 Å². The van der Waals surface area contributed by atoms with Gasteiger partial charge in [0.05, 0.1) is 5.69 Å². The first-order chi connectivity index (χ1) is 9.18. The lowest BCUT2D eigenvalue weighted by Gasteiger charge is -2.18. The highest BCUT2D eigenvalue weighted by molar-refractivity contribution is 5.67. The summed E-state index contributed by atoms with van der Waals surface area (Å²) in [6, 6.07) is 5.07. The largest absolute Gasteiger partial charge is 0.384 e. The van der Waals surface area contributed by atoms with Crippen molar-refractivity contribution in [3.05, 3.63) is 41.0 Å². The third-order valence-electron chi connectivity index (χ3n) is 3.10. The minimum absolute atomic E-state index is 0.237. The summed E-state index contributed by atoms with van der Waals surface area (Å²) in [6.07, 6.45) is 0. The van der Waals surface area contributed by atoms with Crippen LogP contribution in [0.15, 0.2) is 18.2 Å². The first kappa shape index (κ1) is 14.4. The molecule has 1 aromatic carbocycles. The van der Waals surface area contributed by atoms with Crippen LogP contribution in [0.25, 0.3) is 11.3 Å². The molecule has 0 spiro atoms. The molecule has 0 fully saturated rings. The van der Waals surface area contributed by atoms with E-state index in [-0.39, 0.29) is 11.2 Å². The van der Waals surface area contributed by atoms with E-state index < -0.39 is 0 Å². The van der Waals surface area contributed by atoms with E-state index in [9.17, 15) is 4.39 Å². The summed E-state index contributed by atoms with van der Waals surface area (Å²) in [5, 5.41) is 0. The van der Waals surface area contributed by atoms with Gasteiger partial charge in [-0.2, -0.15) is 0 Å². The number of hydrogen-bond donors (Lipinski definition) is 1. The number of aromatic nitrogens is 2. The lowest BCUT2D eigenvalue weighted by atomic mass is 9.95. The van der Waals surface area contributed by atoms with Crippen molar-refractivity contribution in [2.45, 2.75) is 40.0 Å². The van der Waals surface area contributed by atoms with Gasteiger partial charge < -0.3 is 5.73 Å². The van der Waals surface area contributed by atoms with Crippen LogP contribution in [0.4, 0.5) is 10.2 Å². The molecule has 0 atom stereocenters. The summed E-state index contributed by atoms with van der Waals surface area (Å²) >= 11 is 0. The van der Waals surface area contributed by atoms with Crippen LogP contribution in [0, 0.1) is 19.7 Å². The molecule has 0 radical (unpaired) electrons. The fourth-order valence-corrected chi connectivity index (χ4v) is 2.17. The first-order valence-corrected chi connectivity index (χ1v) is 6.60. The number of nitrogens with two attached hydrogens (primary N) is 1. The van der Waals surface area contributed by atoms with Crippen LogP contribution >= 0.6 is 0 Å². The molecule has 0 aliphatic heterocycles. The number of rotatable bonds is 1. The lowest BCUT2D eigenvalue weighted by molar-refractivity contribution is 0.546. The third-order valence-corrected chi connectivity index (χ3v) is 3.10. The Bertz CT molecular complexity index is 634. The van der Waals surface area contributed by atoms with Gasteiger partial charge in [-0.1, -0.05) is 26.8 Å². The van der Waals surface area contributed by atoms with E-state index in [0.29, 0.717) is 22.9 Å². The lowest BCUT2D eigenvalue weighted by Crippen LogP contribution is -2.17. The molecular formula is C16H20FN3. The maximum atomic E-state index is 14.3. The summed E-state index contributed by atoms with van der Waals surface area (Å²) in [6.45, 7) is 9.76. The maximum absolute atomic E-state index is 14.3. The van der Waals surface area contributed by atoms with Gasteiger partial charge in [0.2, 0.25) is 0 Å². The molecule has 3 nitrogen and oxygen atoms in total. The van der Waals surface area contributed by atoms with E-state index in [1.165, 1.54) is 6.07 Å². The van der Waals surface area contributed by atoms with Gasteiger partial charge in [-0.05, 0) is 31.0 Å². The van der Waals surface area contributed by atoms with E-state index in [2.05, 4.69) is 9.97 Å². The van der Waals surface area contributed by atoms with Crippen LogP contribution in [0.3, 0.4) is 0 Å². The van der Waals surface area contributed by atoms with Gasteiger partial charge in [0.15, 0.2) is 0 Å². The maximum Gasteiger partial charge on any atom is 0.136 e. The number of benzene rings is 1. The van der Waals surface area contributed by atoms with Crippen molar-refractivity contribution in [1.82, 2.24) is 9.97 Å². The van der Waals surface area contributed by atoms with Crippen LogP contribution in [-0.4, -0.2) is 9.97 Å². The molecule has 1 heterocycles. The predicted octanol–water partition coefficient (Wildman–Crippen LogP) is 3.78. The summed E-state index contributed by atoms with van der Waals surface area (Å²) < 4.78 is 14.3. The standard InChI is InChI=1S/C16H20FN3/c1-9-6-10(2)14(11(17)7-9)12-8-13(18)20-15(19-12)16(3,4)5/h6-8H,1-5H3,(H2,18,19,20). The van der Waals surface area contributed by atoms with Gasteiger partial charge in [0.25, 0.3) is 0 Å². The minimum Gasteiger partial charge on any atom is -0.384 e. The molecule has 0 saturated heterocycles. The first-order valence-electron chi connectivity index (χ1n) is 6.60. The van der Waals surface area contributed by atoms with Gasteiger partial charge in [0.1, 0.15) is 17.5 Å². The number of hydrogen-bond acceptors (Lipinski definition) is 3. The number of nitrogens with zero attached hydrogens (tertiary/aromatic N) is 2. The van der Waals surface area contributed by atoms with Crippen molar-refractivity contribution >= 4 is 5.82 Å². The van der Waals surface area contributed by atoms with Crippen molar-refractivity contribution < 1.29 is 4.39 Å². The Balaban J connectivity index is 2.68. The zero-order chi connectivity index (χ0) is 15.1. The molecular weight excluding hydrogens is 253 g/mol. The Kier molecular flexibility index (Phi) is 3.50. The highest BCUT2D eigenvalue weighted by Crippen LogP contribution is 2.29. The second kappa shape index (κ2) is 4.85. The normalized spacial score (nSPS) is 11.7. The molecule has 2 rings (SSSR count). The van der Waals surface area contributed by atoms with E-state index in [4.69, 9.17) is 5.73 Å². The van der Waals surface area contributed by atoms with Gasteiger partial charge in [-0.25, -0.2) is 14.4 Å². The van der Waals surface area contributed by atoms with Crippen molar-refractivity contribution in [1.29, 1.82) is 0 Å². The van der Waals surface area contributed by atoms with Crippen molar-refractivity contribution in [3.8, 4) is 11.3 Å². The van der Waals surface area contributed by atoms with E-state index in [1.807, 2.05) is 40.7 Å². The van der Waals surface area contributed by atoms with Crippen LogP contribution < -0.4 is 5.73 Å². The van der Waals surface area contributed by atoms with Crippen LogP contribution in [0.5, 0.6) is 0 Å². The molecule has 0 bridgehead atoms. The molecule has 4 heteroatoms. The molecule has 1 aromatic heterocycles. The monoisotopic (exact) mass is 273 g/mol. The zero-order valence-electron chi connectivity index (χ0n) is 12.6. The molecule has 106 valence electrons. The van der Waals surface area contributed by atoms with Gasteiger partial charge in [-0.15, -0.1) is 0 Å². The highest BCUT2D eigenvalue weighted by atomic mass is 19.1. The van der Waals surface area contributed by atoms with Crippen molar-refractivity contribution in [2.75, 3.05) is 5.73 Å². The SMILES string of the molecule is Cc1cc(C)c(-c2cc(N)nc(C(C)(C)C)n2)c(F)c1. The Morgan fingerprint density at radius 1 is 1.05 bits per heavy atom. The number of nitrogen functional groups attached to an aromatic ring is 1. The quantitative estimate of drug-likeness (QED) is 0.860. The molecule has 2 N–H and O–H groups in total. The second-order valence-corrected chi connectivity index (χ2v) is 6.19. The Hall–Kier alpha value is -1.97. The fourth-order valence-electron chi connectivity index (χ4n) is 2.17. The molecule has 0 saturated carbocycles. The Morgan fingerprint density at radius 3 is 2.25 bits per heavy atom. The molecule has 0 aliphatic carbocycles. The predicted molar refractivity (Wildman–Crippen MR) is 80.0 cm³/mol. The molecule has 2 aromatic rings. The molecule has 0 amide bonds. The third kappa shape index (κ3) is 2.79. The van der Waals surface area contributed by atoms with Crippen LogP contribution in [0.2, 0.25) is 0 Å². The van der Waals surface area contributed by atoms with Gasteiger partial charge in [-0.3, -0.25) is 0 Å².